The van der Waals surface area contributed by atoms with E-state index in [4.69, 9.17) is 5.84 Å². The number of hydrazine groups is 1. The molecule has 18 heavy (non-hydrogen) atoms. The van der Waals surface area contributed by atoms with Crippen molar-refractivity contribution in [1.29, 1.82) is 0 Å². The van der Waals surface area contributed by atoms with Crippen LogP contribution in [0.1, 0.15) is 19.8 Å². The van der Waals surface area contributed by atoms with Gasteiger partial charge in [-0.2, -0.15) is 0 Å². The Morgan fingerprint density at radius 3 is 3.11 bits per heavy atom. The summed E-state index contributed by atoms with van der Waals surface area (Å²) in [7, 11) is 0. The van der Waals surface area contributed by atoms with Crippen LogP contribution in [0.15, 0.2) is 18.6 Å². The molecular weight excluding hydrogens is 232 g/mol. The summed E-state index contributed by atoms with van der Waals surface area (Å²) in [6.45, 7) is 2.59. The maximum atomic E-state index is 9.50. The summed E-state index contributed by atoms with van der Waals surface area (Å²) in [5, 5.41) is 12.7. The van der Waals surface area contributed by atoms with Crippen LogP contribution in [-0.2, 0) is 0 Å². The van der Waals surface area contributed by atoms with Crippen LogP contribution in [0.2, 0.25) is 0 Å². The Morgan fingerprint density at radius 2 is 2.39 bits per heavy atom. The minimum absolute atomic E-state index is 0.288. The average molecular weight is 250 g/mol. The zero-order chi connectivity index (χ0) is 13.0. The molecule has 0 amide bonds. The normalized spacial score (nSPS) is 12.6. The average Bonchev–Trinajstić information content (AvgIpc) is 2.86. The SMILES string of the molecule is CCC(O)CCNc1nc(NN)cn2ccnc12. The highest BCUT2D eigenvalue weighted by Gasteiger charge is 2.07. The first kappa shape index (κ1) is 12.6. The molecule has 5 N–H and O–H groups in total. The number of aliphatic hydroxyl groups is 1. The third-order valence-corrected chi connectivity index (χ3v) is 2.76. The van der Waals surface area contributed by atoms with Crippen LogP contribution in [0.3, 0.4) is 0 Å². The lowest BCUT2D eigenvalue weighted by atomic mass is 10.2. The number of aliphatic hydroxyl groups excluding tert-OH is 1. The Labute approximate surface area is 105 Å². The Morgan fingerprint density at radius 1 is 1.56 bits per heavy atom. The van der Waals surface area contributed by atoms with Gasteiger partial charge in [-0.1, -0.05) is 6.92 Å². The Bertz CT molecular complexity index is 511. The minimum Gasteiger partial charge on any atom is -0.393 e. The molecular formula is C11H18N6O. The summed E-state index contributed by atoms with van der Waals surface area (Å²) < 4.78 is 1.83. The van der Waals surface area contributed by atoms with Gasteiger partial charge in [-0.15, -0.1) is 0 Å². The minimum atomic E-state index is -0.288. The molecule has 0 aliphatic heterocycles. The first-order chi connectivity index (χ1) is 8.74. The van der Waals surface area contributed by atoms with E-state index in [2.05, 4.69) is 20.7 Å². The van der Waals surface area contributed by atoms with Crippen molar-refractivity contribution in [2.75, 3.05) is 17.3 Å². The zero-order valence-corrected chi connectivity index (χ0v) is 10.3. The lowest BCUT2D eigenvalue weighted by molar-refractivity contribution is 0.164. The lowest BCUT2D eigenvalue weighted by Gasteiger charge is -2.11. The monoisotopic (exact) mass is 250 g/mol. The third kappa shape index (κ3) is 2.69. The number of nitrogens with two attached hydrogens (primary N) is 1. The molecule has 0 aliphatic rings. The second-order valence-electron chi connectivity index (χ2n) is 4.05. The molecule has 0 saturated heterocycles. The molecule has 0 spiro atoms. The first-order valence-electron chi connectivity index (χ1n) is 5.97. The van der Waals surface area contributed by atoms with Crippen molar-refractivity contribution in [3.05, 3.63) is 18.6 Å². The molecule has 2 rings (SSSR count). The van der Waals surface area contributed by atoms with Gasteiger partial charge in [0.2, 0.25) is 0 Å². The topological polar surface area (TPSA) is 100 Å². The van der Waals surface area contributed by atoms with E-state index in [0.717, 1.165) is 12.1 Å². The van der Waals surface area contributed by atoms with Gasteiger partial charge in [0, 0.05) is 18.9 Å². The second kappa shape index (κ2) is 5.65. The summed E-state index contributed by atoms with van der Waals surface area (Å²) in [4.78, 5) is 8.52. The zero-order valence-electron chi connectivity index (χ0n) is 10.3. The molecule has 0 saturated carbocycles. The van der Waals surface area contributed by atoms with Crippen molar-refractivity contribution in [3.8, 4) is 0 Å². The van der Waals surface area contributed by atoms with Crippen molar-refractivity contribution < 1.29 is 5.11 Å². The molecule has 0 aliphatic carbocycles. The molecule has 7 heteroatoms. The number of nitrogens with one attached hydrogen (secondary N) is 2. The standard InChI is InChI=1S/C11H18N6O/c1-2-8(18)3-4-13-10-11-14-5-6-17(11)7-9(15-10)16-12/h5-8,16,18H,2-4,12H2,1H3,(H,13,15). The van der Waals surface area contributed by atoms with Gasteiger partial charge in [0.25, 0.3) is 0 Å². The summed E-state index contributed by atoms with van der Waals surface area (Å²) in [6.07, 6.45) is 6.41. The van der Waals surface area contributed by atoms with Crippen molar-refractivity contribution in [3.63, 3.8) is 0 Å². The van der Waals surface area contributed by atoms with Gasteiger partial charge in [0.15, 0.2) is 17.3 Å². The number of hydrogen-bond donors (Lipinski definition) is 4. The molecule has 0 bridgehead atoms. The van der Waals surface area contributed by atoms with E-state index in [9.17, 15) is 5.11 Å². The molecule has 7 nitrogen and oxygen atoms in total. The maximum absolute atomic E-state index is 9.50. The molecule has 0 radical (unpaired) electrons. The lowest BCUT2D eigenvalue weighted by Crippen LogP contribution is -2.15. The van der Waals surface area contributed by atoms with Crippen LogP contribution in [-0.4, -0.2) is 32.1 Å². The van der Waals surface area contributed by atoms with Gasteiger partial charge >= 0.3 is 0 Å². The van der Waals surface area contributed by atoms with Gasteiger partial charge < -0.3 is 20.2 Å². The largest absolute Gasteiger partial charge is 0.393 e. The van der Waals surface area contributed by atoms with E-state index in [1.807, 2.05) is 17.5 Å². The van der Waals surface area contributed by atoms with Crippen LogP contribution in [0.25, 0.3) is 5.65 Å². The molecule has 1 unspecified atom stereocenters. The van der Waals surface area contributed by atoms with Crippen molar-refractivity contribution in [2.24, 2.45) is 5.84 Å². The van der Waals surface area contributed by atoms with Crippen molar-refractivity contribution >= 4 is 17.3 Å². The van der Waals surface area contributed by atoms with E-state index in [-0.39, 0.29) is 6.10 Å². The predicted molar refractivity (Wildman–Crippen MR) is 70.2 cm³/mol. The Balaban J connectivity index is 2.13. The van der Waals surface area contributed by atoms with Crippen LogP contribution in [0.4, 0.5) is 11.6 Å². The summed E-state index contributed by atoms with van der Waals surface area (Å²) in [5.41, 5.74) is 3.25. The van der Waals surface area contributed by atoms with E-state index in [1.165, 1.54) is 0 Å². The van der Waals surface area contributed by atoms with Crippen LogP contribution < -0.4 is 16.6 Å². The highest BCUT2D eigenvalue weighted by molar-refractivity contribution is 5.65. The Kier molecular flexibility index (Phi) is 3.96. The number of nitrogen functional groups attached to an aromatic ring is 1. The van der Waals surface area contributed by atoms with E-state index >= 15 is 0 Å². The molecule has 2 heterocycles. The van der Waals surface area contributed by atoms with Crippen LogP contribution in [0, 0.1) is 0 Å². The number of aromatic nitrogens is 3. The maximum Gasteiger partial charge on any atom is 0.180 e. The van der Waals surface area contributed by atoms with Crippen molar-refractivity contribution in [2.45, 2.75) is 25.9 Å². The quantitative estimate of drug-likeness (QED) is 0.442. The van der Waals surface area contributed by atoms with Crippen LogP contribution in [0.5, 0.6) is 0 Å². The third-order valence-electron chi connectivity index (χ3n) is 2.76. The summed E-state index contributed by atoms with van der Waals surface area (Å²) in [6, 6.07) is 0. The van der Waals surface area contributed by atoms with Gasteiger partial charge in [0.05, 0.1) is 12.3 Å². The molecule has 2 aromatic heterocycles. The van der Waals surface area contributed by atoms with E-state index in [1.54, 1.807) is 12.4 Å². The van der Waals surface area contributed by atoms with Crippen molar-refractivity contribution in [1.82, 2.24) is 14.4 Å². The number of nitrogens with zero attached hydrogens (tertiary/aromatic N) is 3. The fourth-order valence-electron chi connectivity index (χ4n) is 1.68. The molecule has 2 aromatic rings. The molecule has 1 atom stereocenters. The summed E-state index contributed by atoms with van der Waals surface area (Å²) in [5.74, 6) is 6.57. The van der Waals surface area contributed by atoms with Gasteiger partial charge in [0.1, 0.15) is 0 Å². The van der Waals surface area contributed by atoms with Crippen LogP contribution >= 0.6 is 0 Å². The number of rotatable bonds is 6. The first-order valence-corrected chi connectivity index (χ1v) is 5.97. The van der Waals surface area contributed by atoms with Gasteiger partial charge in [-0.05, 0) is 12.8 Å². The molecule has 0 aromatic carbocycles. The predicted octanol–water partition coefficient (Wildman–Crippen LogP) is 0.588. The summed E-state index contributed by atoms with van der Waals surface area (Å²) >= 11 is 0. The number of fused-ring (bicyclic) bond motifs is 1. The Hall–Kier alpha value is -1.86. The molecule has 98 valence electrons. The smallest absolute Gasteiger partial charge is 0.180 e. The van der Waals surface area contributed by atoms with E-state index in [0.29, 0.717) is 24.6 Å². The van der Waals surface area contributed by atoms with Gasteiger partial charge in [-0.3, -0.25) is 0 Å². The number of anilines is 2. The fraction of sp³-hybridized carbons (Fsp3) is 0.455. The van der Waals surface area contributed by atoms with E-state index < -0.39 is 0 Å². The molecule has 0 fully saturated rings. The van der Waals surface area contributed by atoms with Gasteiger partial charge in [-0.25, -0.2) is 15.8 Å². The highest BCUT2D eigenvalue weighted by Crippen LogP contribution is 2.15. The number of imidazole rings is 1. The number of hydrogen-bond acceptors (Lipinski definition) is 6. The second-order valence-corrected chi connectivity index (χ2v) is 4.05. The fourth-order valence-corrected chi connectivity index (χ4v) is 1.68. The highest BCUT2D eigenvalue weighted by atomic mass is 16.3.